The number of para-hydroxylation sites is 2. The molecule has 0 unspecified atom stereocenters. The molecule has 0 bridgehead atoms. The lowest BCUT2D eigenvalue weighted by Gasteiger charge is -2.15. The van der Waals surface area contributed by atoms with Crippen LogP contribution < -0.4 is 20.7 Å². The van der Waals surface area contributed by atoms with Gasteiger partial charge in [-0.05, 0) is 44.2 Å². The lowest BCUT2D eigenvalue weighted by Crippen LogP contribution is -2.07. The quantitative estimate of drug-likeness (QED) is 0.553. The van der Waals surface area contributed by atoms with Crippen LogP contribution in [0.3, 0.4) is 0 Å². The van der Waals surface area contributed by atoms with E-state index in [4.69, 9.17) is 4.74 Å². The van der Waals surface area contributed by atoms with Crippen molar-refractivity contribution < 1.29 is 9.53 Å². The predicted molar refractivity (Wildman–Crippen MR) is 112 cm³/mol. The Balaban J connectivity index is 1.76. The number of carbonyl (C=O) groups is 1. The van der Waals surface area contributed by atoms with E-state index in [1.165, 1.54) is 13.3 Å². The Labute approximate surface area is 164 Å². The van der Waals surface area contributed by atoms with Gasteiger partial charge in [-0.25, -0.2) is 9.97 Å². The van der Waals surface area contributed by atoms with Crippen molar-refractivity contribution in [3.8, 4) is 5.75 Å². The Hall–Kier alpha value is -3.61. The molecule has 144 valence electrons. The van der Waals surface area contributed by atoms with E-state index < -0.39 is 0 Å². The second-order valence-corrected chi connectivity index (χ2v) is 6.46. The normalized spacial score (nSPS) is 10.4. The van der Waals surface area contributed by atoms with Gasteiger partial charge in [-0.1, -0.05) is 18.2 Å². The Bertz CT molecular complexity index is 959. The summed E-state index contributed by atoms with van der Waals surface area (Å²) in [7, 11) is 0. The van der Waals surface area contributed by atoms with Gasteiger partial charge in [-0.15, -0.1) is 0 Å². The Morgan fingerprint density at radius 3 is 2.39 bits per heavy atom. The van der Waals surface area contributed by atoms with Crippen molar-refractivity contribution in [1.29, 1.82) is 0 Å². The minimum Gasteiger partial charge on any atom is -0.489 e. The summed E-state index contributed by atoms with van der Waals surface area (Å²) >= 11 is 0. The zero-order valence-corrected chi connectivity index (χ0v) is 16.1. The van der Waals surface area contributed by atoms with Crippen LogP contribution in [0.25, 0.3) is 0 Å². The third-order valence-corrected chi connectivity index (χ3v) is 3.63. The van der Waals surface area contributed by atoms with Crippen LogP contribution in [0.5, 0.6) is 5.75 Å². The molecule has 1 aromatic heterocycles. The average Bonchev–Trinajstić information content (AvgIpc) is 2.63. The summed E-state index contributed by atoms with van der Waals surface area (Å²) in [5.74, 6) is 1.90. The van der Waals surface area contributed by atoms with Gasteiger partial charge in [0.15, 0.2) is 0 Å². The Kier molecular flexibility index (Phi) is 6.06. The second kappa shape index (κ2) is 8.85. The first-order valence-corrected chi connectivity index (χ1v) is 8.99. The van der Waals surface area contributed by atoms with Crippen molar-refractivity contribution >= 4 is 34.6 Å². The Morgan fingerprint density at radius 1 is 0.929 bits per heavy atom. The molecule has 0 radical (unpaired) electrons. The first-order valence-electron chi connectivity index (χ1n) is 8.99. The minimum atomic E-state index is -0.118. The summed E-state index contributed by atoms with van der Waals surface area (Å²) in [5, 5.41) is 9.24. The van der Waals surface area contributed by atoms with Crippen LogP contribution in [0.15, 0.2) is 60.9 Å². The first kappa shape index (κ1) is 19.2. The molecule has 0 aliphatic carbocycles. The molecule has 1 heterocycles. The topological polar surface area (TPSA) is 88.2 Å². The summed E-state index contributed by atoms with van der Waals surface area (Å²) < 4.78 is 5.83. The Morgan fingerprint density at radius 2 is 1.64 bits per heavy atom. The summed E-state index contributed by atoms with van der Waals surface area (Å²) in [4.78, 5) is 19.8. The molecule has 1 amide bonds. The molecule has 3 N–H and O–H groups in total. The number of aromatic nitrogens is 2. The van der Waals surface area contributed by atoms with Crippen LogP contribution >= 0.6 is 0 Å². The van der Waals surface area contributed by atoms with E-state index in [0.717, 1.165) is 17.1 Å². The van der Waals surface area contributed by atoms with E-state index in [1.807, 2.05) is 62.4 Å². The standard InChI is InChI=1S/C21H23N5O2/c1-14(2)28-19-10-5-4-9-18(19)26-21-12-20(22-13-23-21)25-17-8-6-7-16(11-17)24-15(3)27/h4-14H,1-3H3,(H,24,27)(H2,22,23,25,26). The monoisotopic (exact) mass is 377 g/mol. The maximum Gasteiger partial charge on any atom is 0.221 e. The number of anilines is 5. The zero-order valence-electron chi connectivity index (χ0n) is 16.1. The number of nitrogens with one attached hydrogen (secondary N) is 3. The van der Waals surface area contributed by atoms with Gasteiger partial charge in [0.25, 0.3) is 0 Å². The van der Waals surface area contributed by atoms with Gasteiger partial charge >= 0.3 is 0 Å². The van der Waals surface area contributed by atoms with E-state index in [2.05, 4.69) is 25.9 Å². The fourth-order valence-corrected chi connectivity index (χ4v) is 2.58. The molecule has 0 aliphatic heterocycles. The van der Waals surface area contributed by atoms with Crippen molar-refractivity contribution in [2.45, 2.75) is 26.9 Å². The maximum absolute atomic E-state index is 11.2. The number of ether oxygens (including phenoxy) is 1. The van der Waals surface area contributed by atoms with Gasteiger partial charge in [0.1, 0.15) is 23.7 Å². The van der Waals surface area contributed by atoms with E-state index in [9.17, 15) is 4.79 Å². The molecule has 3 rings (SSSR count). The number of benzene rings is 2. The highest BCUT2D eigenvalue weighted by Crippen LogP contribution is 2.28. The lowest BCUT2D eigenvalue weighted by atomic mass is 10.2. The third-order valence-electron chi connectivity index (χ3n) is 3.63. The molecule has 2 aromatic carbocycles. The van der Waals surface area contributed by atoms with Crippen LogP contribution in [0.2, 0.25) is 0 Å². The fourth-order valence-electron chi connectivity index (χ4n) is 2.58. The number of rotatable bonds is 7. The molecule has 7 nitrogen and oxygen atoms in total. The van der Waals surface area contributed by atoms with Gasteiger partial charge in [-0.2, -0.15) is 0 Å². The molecule has 0 fully saturated rings. The lowest BCUT2D eigenvalue weighted by molar-refractivity contribution is -0.114. The summed E-state index contributed by atoms with van der Waals surface area (Å²) in [6.07, 6.45) is 1.55. The number of carbonyl (C=O) groups excluding carboxylic acids is 1. The highest BCUT2D eigenvalue weighted by Gasteiger charge is 2.07. The summed E-state index contributed by atoms with van der Waals surface area (Å²) in [6, 6.07) is 16.9. The van der Waals surface area contributed by atoms with Crippen molar-refractivity contribution in [3.63, 3.8) is 0 Å². The molecule has 3 aromatic rings. The van der Waals surface area contributed by atoms with Gasteiger partial charge < -0.3 is 20.7 Å². The second-order valence-electron chi connectivity index (χ2n) is 6.46. The highest BCUT2D eigenvalue weighted by atomic mass is 16.5. The third kappa shape index (κ3) is 5.44. The van der Waals surface area contributed by atoms with Crippen LogP contribution in [-0.2, 0) is 4.79 Å². The van der Waals surface area contributed by atoms with Crippen LogP contribution in [0.4, 0.5) is 28.7 Å². The van der Waals surface area contributed by atoms with Crippen molar-refractivity contribution in [1.82, 2.24) is 9.97 Å². The number of nitrogens with zero attached hydrogens (tertiary/aromatic N) is 2. The molecule has 28 heavy (non-hydrogen) atoms. The number of amides is 1. The molecule has 0 aliphatic rings. The minimum absolute atomic E-state index is 0.0708. The average molecular weight is 377 g/mol. The molecule has 0 saturated carbocycles. The van der Waals surface area contributed by atoms with Crippen molar-refractivity contribution in [3.05, 3.63) is 60.9 Å². The van der Waals surface area contributed by atoms with Crippen LogP contribution in [0.1, 0.15) is 20.8 Å². The molecule has 0 atom stereocenters. The number of hydrogen-bond donors (Lipinski definition) is 3. The summed E-state index contributed by atoms with van der Waals surface area (Å²) in [5.41, 5.74) is 2.35. The fraction of sp³-hybridized carbons (Fsp3) is 0.190. The van der Waals surface area contributed by atoms with Crippen LogP contribution in [-0.4, -0.2) is 22.0 Å². The predicted octanol–water partition coefficient (Wildman–Crippen LogP) is 4.71. The highest BCUT2D eigenvalue weighted by molar-refractivity contribution is 5.89. The molecule has 7 heteroatoms. The van der Waals surface area contributed by atoms with E-state index >= 15 is 0 Å². The van der Waals surface area contributed by atoms with Crippen molar-refractivity contribution in [2.24, 2.45) is 0 Å². The smallest absolute Gasteiger partial charge is 0.221 e. The molecule has 0 saturated heterocycles. The first-order chi connectivity index (χ1) is 13.5. The van der Waals surface area contributed by atoms with E-state index in [-0.39, 0.29) is 12.0 Å². The number of hydrogen-bond acceptors (Lipinski definition) is 6. The van der Waals surface area contributed by atoms with E-state index in [1.54, 1.807) is 6.07 Å². The molecule has 0 spiro atoms. The largest absolute Gasteiger partial charge is 0.489 e. The van der Waals surface area contributed by atoms with Crippen molar-refractivity contribution in [2.75, 3.05) is 16.0 Å². The van der Waals surface area contributed by atoms with Gasteiger partial charge in [0.05, 0.1) is 11.8 Å². The van der Waals surface area contributed by atoms with Gasteiger partial charge in [0.2, 0.25) is 5.91 Å². The maximum atomic E-state index is 11.2. The molecular weight excluding hydrogens is 354 g/mol. The molecular formula is C21H23N5O2. The van der Waals surface area contributed by atoms with E-state index in [0.29, 0.717) is 17.3 Å². The van der Waals surface area contributed by atoms with Gasteiger partial charge in [-0.3, -0.25) is 4.79 Å². The van der Waals surface area contributed by atoms with Crippen LogP contribution in [0, 0.1) is 0 Å². The zero-order chi connectivity index (χ0) is 19.9. The SMILES string of the molecule is CC(=O)Nc1cccc(Nc2cc(Nc3ccccc3OC(C)C)ncn2)c1. The van der Waals surface area contributed by atoms with Gasteiger partial charge in [0, 0.05) is 24.4 Å². The summed E-state index contributed by atoms with van der Waals surface area (Å²) in [6.45, 7) is 5.44.